The van der Waals surface area contributed by atoms with Crippen molar-refractivity contribution in [2.75, 3.05) is 0 Å². The fraction of sp³-hybridized carbons (Fsp3) is 0.667. The molecule has 0 aliphatic rings. The molecule has 0 N–H and O–H groups in total. The van der Waals surface area contributed by atoms with E-state index >= 15 is 0 Å². The molecule has 0 aromatic carbocycles. The number of nitriles is 1. The van der Waals surface area contributed by atoms with Crippen LogP contribution in [-0.4, -0.2) is 0 Å². The second kappa shape index (κ2) is 5.05. The molecule has 0 spiro atoms. The van der Waals surface area contributed by atoms with Crippen LogP contribution in [-0.2, 0) is 0 Å². The predicted octanol–water partition coefficient (Wildman–Crippen LogP) is 3.04. The quantitative estimate of drug-likeness (QED) is 0.548. The zero-order chi connectivity index (χ0) is 7.98. The third-order valence-electron chi connectivity index (χ3n) is 1.63. The molecule has 0 atom stereocenters. The van der Waals surface area contributed by atoms with Crippen molar-refractivity contribution in [1.29, 1.82) is 5.26 Å². The van der Waals surface area contributed by atoms with Gasteiger partial charge in [0.15, 0.2) is 0 Å². The van der Waals surface area contributed by atoms with Gasteiger partial charge in [-0.3, -0.25) is 0 Å². The molecular formula is C9H15N. The maximum Gasteiger partial charge on any atom is 0.0946 e. The van der Waals surface area contributed by atoms with E-state index in [9.17, 15) is 0 Å². The second-order valence-corrected chi connectivity index (χ2v) is 2.47. The topological polar surface area (TPSA) is 23.8 Å². The van der Waals surface area contributed by atoms with Gasteiger partial charge < -0.3 is 0 Å². The van der Waals surface area contributed by atoms with E-state index in [2.05, 4.69) is 13.0 Å². The van der Waals surface area contributed by atoms with Gasteiger partial charge in [-0.2, -0.15) is 5.26 Å². The van der Waals surface area contributed by atoms with Crippen molar-refractivity contribution >= 4 is 0 Å². The Labute approximate surface area is 63.4 Å². The first kappa shape index (κ1) is 9.23. The Morgan fingerprint density at radius 3 is 2.30 bits per heavy atom. The Balaban J connectivity index is 4.16. The van der Waals surface area contributed by atoms with Crippen LogP contribution in [0.15, 0.2) is 11.1 Å². The van der Waals surface area contributed by atoms with Crippen molar-refractivity contribution in [1.82, 2.24) is 0 Å². The van der Waals surface area contributed by atoms with Crippen LogP contribution in [0.3, 0.4) is 0 Å². The third kappa shape index (κ3) is 2.68. The fourth-order valence-corrected chi connectivity index (χ4v) is 1.00. The number of rotatable bonds is 3. The summed E-state index contributed by atoms with van der Waals surface area (Å²) in [5.41, 5.74) is 2.22. The van der Waals surface area contributed by atoms with Gasteiger partial charge in [0, 0.05) is 5.57 Å². The Bertz CT molecular complexity index is 160. The number of hydrogen-bond acceptors (Lipinski definition) is 1. The molecule has 10 heavy (non-hydrogen) atoms. The first-order valence-electron chi connectivity index (χ1n) is 3.84. The predicted molar refractivity (Wildman–Crippen MR) is 43.5 cm³/mol. The highest BCUT2D eigenvalue weighted by molar-refractivity contribution is 5.25. The van der Waals surface area contributed by atoms with Crippen LogP contribution in [0.4, 0.5) is 0 Å². The molecule has 0 saturated carbocycles. The standard InChI is InChI=1S/C9H15N/c1-4-6-8(3)9(5-2)7-10/h4-6H2,1-3H3. The molecular weight excluding hydrogens is 122 g/mol. The minimum absolute atomic E-state index is 0.877. The van der Waals surface area contributed by atoms with Crippen LogP contribution >= 0.6 is 0 Å². The summed E-state index contributed by atoms with van der Waals surface area (Å²) in [5.74, 6) is 0. The second-order valence-electron chi connectivity index (χ2n) is 2.47. The maximum atomic E-state index is 8.62. The summed E-state index contributed by atoms with van der Waals surface area (Å²) in [5, 5.41) is 8.62. The van der Waals surface area contributed by atoms with Crippen LogP contribution in [0.25, 0.3) is 0 Å². The van der Waals surface area contributed by atoms with Crippen LogP contribution in [0.1, 0.15) is 40.0 Å². The minimum Gasteiger partial charge on any atom is -0.193 e. The first-order chi connectivity index (χ1) is 4.76. The van der Waals surface area contributed by atoms with Gasteiger partial charge in [-0.25, -0.2) is 0 Å². The largest absolute Gasteiger partial charge is 0.193 e. The summed E-state index contributed by atoms with van der Waals surface area (Å²) in [7, 11) is 0. The van der Waals surface area contributed by atoms with Gasteiger partial charge in [0.2, 0.25) is 0 Å². The molecule has 1 heteroatoms. The van der Waals surface area contributed by atoms with Crippen LogP contribution in [0.5, 0.6) is 0 Å². The van der Waals surface area contributed by atoms with Gasteiger partial charge in [0.25, 0.3) is 0 Å². The summed E-state index contributed by atoms with van der Waals surface area (Å²) >= 11 is 0. The SMILES string of the molecule is CCCC(C)=C(C#N)CC. The lowest BCUT2D eigenvalue weighted by molar-refractivity contribution is 0.885. The lowest BCUT2D eigenvalue weighted by Crippen LogP contribution is -1.83. The smallest absolute Gasteiger partial charge is 0.0946 e. The normalized spacial score (nSPS) is 12.2. The van der Waals surface area contributed by atoms with Crippen LogP contribution < -0.4 is 0 Å². The average molecular weight is 137 g/mol. The molecule has 0 aliphatic heterocycles. The van der Waals surface area contributed by atoms with E-state index in [1.165, 1.54) is 5.57 Å². The monoisotopic (exact) mass is 137 g/mol. The van der Waals surface area contributed by atoms with E-state index in [0.29, 0.717) is 0 Å². The van der Waals surface area contributed by atoms with E-state index in [1.54, 1.807) is 0 Å². The average Bonchev–Trinajstić information content (AvgIpc) is 1.91. The molecule has 56 valence electrons. The van der Waals surface area contributed by atoms with Crippen molar-refractivity contribution in [3.8, 4) is 6.07 Å². The van der Waals surface area contributed by atoms with Crippen LogP contribution in [0, 0.1) is 11.3 Å². The highest BCUT2D eigenvalue weighted by atomic mass is 14.2. The van der Waals surface area contributed by atoms with Gasteiger partial charge in [0.05, 0.1) is 6.07 Å². The summed E-state index contributed by atoms with van der Waals surface area (Å²) in [4.78, 5) is 0. The Morgan fingerprint density at radius 2 is 2.00 bits per heavy atom. The van der Waals surface area contributed by atoms with E-state index < -0.39 is 0 Å². The van der Waals surface area contributed by atoms with E-state index in [0.717, 1.165) is 24.8 Å². The van der Waals surface area contributed by atoms with Crippen molar-refractivity contribution in [3.05, 3.63) is 11.1 Å². The van der Waals surface area contributed by atoms with Gasteiger partial charge in [-0.05, 0) is 19.8 Å². The zero-order valence-electron chi connectivity index (χ0n) is 7.07. The van der Waals surface area contributed by atoms with E-state index in [-0.39, 0.29) is 0 Å². The van der Waals surface area contributed by atoms with Crippen molar-refractivity contribution in [3.63, 3.8) is 0 Å². The van der Waals surface area contributed by atoms with E-state index in [4.69, 9.17) is 5.26 Å². The molecule has 0 amide bonds. The highest BCUT2D eigenvalue weighted by Gasteiger charge is 1.96. The molecule has 0 fully saturated rings. The lowest BCUT2D eigenvalue weighted by Gasteiger charge is -1.99. The summed E-state index contributed by atoms with van der Waals surface area (Å²) in [6.07, 6.45) is 3.08. The molecule has 0 aliphatic carbocycles. The number of hydrogen-bond donors (Lipinski definition) is 0. The molecule has 0 radical (unpaired) electrons. The Morgan fingerprint density at radius 1 is 1.40 bits per heavy atom. The highest BCUT2D eigenvalue weighted by Crippen LogP contribution is 2.11. The molecule has 0 rings (SSSR count). The zero-order valence-corrected chi connectivity index (χ0v) is 7.07. The van der Waals surface area contributed by atoms with Gasteiger partial charge >= 0.3 is 0 Å². The molecule has 0 unspecified atom stereocenters. The van der Waals surface area contributed by atoms with Crippen molar-refractivity contribution in [2.24, 2.45) is 0 Å². The van der Waals surface area contributed by atoms with Crippen LogP contribution in [0.2, 0.25) is 0 Å². The van der Waals surface area contributed by atoms with Crippen molar-refractivity contribution < 1.29 is 0 Å². The minimum atomic E-state index is 0.877. The van der Waals surface area contributed by atoms with Gasteiger partial charge in [0.1, 0.15) is 0 Å². The summed E-state index contributed by atoms with van der Waals surface area (Å²) in [6, 6.07) is 2.22. The summed E-state index contributed by atoms with van der Waals surface area (Å²) < 4.78 is 0. The molecule has 1 nitrogen and oxygen atoms in total. The molecule has 0 saturated heterocycles. The Kier molecular flexibility index (Phi) is 4.66. The van der Waals surface area contributed by atoms with E-state index in [1.807, 2.05) is 13.8 Å². The third-order valence-corrected chi connectivity index (χ3v) is 1.63. The Hall–Kier alpha value is -0.770. The maximum absolute atomic E-state index is 8.62. The molecule has 0 heterocycles. The number of nitrogens with zero attached hydrogens (tertiary/aromatic N) is 1. The lowest BCUT2D eigenvalue weighted by atomic mass is 10.0. The van der Waals surface area contributed by atoms with Crippen molar-refractivity contribution in [2.45, 2.75) is 40.0 Å². The molecule has 0 bridgehead atoms. The fourth-order valence-electron chi connectivity index (χ4n) is 1.00. The summed E-state index contributed by atoms with van der Waals surface area (Å²) in [6.45, 7) is 6.21. The first-order valence-corrected chi connectivity index (χ1v) is 3.84. The van der Waals surface area contributed by atoms with Gasteiger partial charge in [-0.15, -0.1) is 0 Å². The van der Waals surface area contributed by atoms with Gasteiger partial charge in [-0.1, -0.05) is 25.8 Å². The molecule has 0 aromatic rings. The molecule has 0 aromatic heterocycles. The number of allylic oxidation sites excluding steroid dienone is 2.